The molecule has 0 aliphatic carbocycles. The van der Waals surface area contributed by atoms with Gasteiger partial charge in [0.15, 0.2) is 12.6 Å². The van der Waals surface area contributed by atoms with E-state index in [4.69, 9.17) is 18.9 Å². The fourth-order valence-corrected chi connectivity index (χ4v) is 11.4. The Morgan fingerprint density at radius 1 is 0.429 bits per heavy atom. The van der Waals surface area contributed by atoms with Crippen LogP contribution in [0.2, 0.25) is 0 Å². The third kappa shape index (κ3) is 39.1. The lowest BCUT2D eigenvalue weighted by molar-refractivity contribution is -0.359. The number of hydrogen-bond donors (Lipinski definition) is 9. The van der Waals surface area contributed by atoms with Crippen molar-refractivity contribution in [3.05, 3.63) is 48.6 Å². The highest BCUT2D eigenvalue weighted by Crippen LogP contribution is 2.30. The van der Waals surface area contributed by atoms with Crippen LogP contribution in [0.1, 0.15) is 296 Å². The third-order valence-electron chi connectivity index (χ3n) is 17.0. The fourth-order valence-electron chi connectivity index (χ4n) is 11.4. The summed E-state index contributed by atoms with van der Waals surface area (Å²) in [5.41, 5.74) is 0. The zero-order chi connectivity index (χ0) is 60.9. The summed E-state index contributed by atoms with van der Waals surface area (Å²) in [5.74, 6) is -0.255. The Hall–Kier alpha value is -2.05. The highest BCUT2D eigenvalue weighted by Gasteiger charge is 2.51. The first-order valence-electron chi connectivity index (χ1n) is 34.9. The van der Waals surface area contributed by atoms with E-state index in [1.54, 1.807) is 6.08 Å². The number of hydrogen-bond acceptors (Lipinski definition) is 13. The van der Waals surface area contributed by atoms with Crippen LogP contribution in [0.5, 0.6) is 0 Å². The van der Waals surface area contributed by atoms with Gasteiger partial charge in [0, 0.05) is 6.42 Å². The lowest BCUT2D eigenvalue weighted by atomic mass is 9.97. The van der Waals surface area contributed by atoms with Gasteiger partial charge >= 0.3 is 0 Å². The van der Waals surface area contributed by atoms with Crippen molar-refractivity contribution >= 4 is 5.91 Å². The molecule has 0 aromatic carbocycles. The van der Waals surface area contributed by atoms with E-state index in [1.165, 1.54) is 212 Å². The highest BCUT2D eigenvalue weighted by atomic mass is 16.7. The monoisotopic (exact) mass is 1190 g/mol. The van der Waals surface area contributed by atoms with Crippen LogP contribution in [0.3, 0.4) is 0 Å². The molecule has 9 N–H and O–H groups in total. The Morgan fingerprint density at radius 3 is 1.26 bits per heavy atom. The van der Waals surface area contributed by atoms with Crippen LogP contribution in [-0.2, 0) is 23.7 Å². The topological polar surface area (TPSA) is 228 Å². The average molecular weight is 1190 g/mol. The van der Waals surface area contributed by atoms with Crippen molar-refractivity contribution < 1.29 is 64.6 Å². The first-order valence-corrected chi connectivity index (χ1v) is 34.9. The second-order valence-corrected chi connectivity index (χ2v) is 24.6. The van der Waals surface area contributed by atoms with Gasteiger partial charge in [-0.05, 0) is 64.2 Å². The molecule has 2 fully saturated rings. The van der Waals surface area contributed by atoms with Crippen LogP contribution in [0.15, 0.2) is 48.6 Å². The first kappa shape index (κ1) is 78.0. The number of rotatable bonds is 57. The predicted octanol–water partition coefficient (Wildman–Crippen LogP) is 13.9. The molecule has 0 spiro atoms. The molecule has 84 heavy (non-hydrogen) atoms. The van der Waals surface area contributed by atoms with E-state index >= 15 is 0 Å². The standard InChI is InChI=1S/C70H129NO13/c1-3-5-7-9-11-13-15-17-19-21-22-23-24-25-26-27-28-29-30-31-32-33-34-35-36-38-39-41-43-45-47-49-51-53-59(74)58(71-62(75)54-52-50-48-46-44-42-40-37-20-18-16-14-12-10-8-6-4-2)57-81-69-67(80)65(78)68(61(56-73)83-69)84-70-66(79)64(77)63(76)60(55-72)82-70/h12,14,18,20,43,45,51,53,58-61,63-70,72-74,76-80H,3-11,13,15-17,19,21-42,44,46-50,52,54-57H2,1-2H3,(H,71,75)/b14-12-,20-18-,45-43+,53-51+. The number of aliphatic hydroxyl groups excluding tert-OH is 8. The molecule has 0 aromatic rings. The van der Waals surface area contributed by atoms with Gasteiger partial charge in [0.1, 0.15) is 48.8 Å². The Bertz CT molecular complexity index is 1590. The second kappa shape index (κ2) is 55.1. The minimum atomic E-state index is -1.79. The number of unbranched alkanes of at least 4 members (excludes halogenated alkanes) is 38. The van der Waals surface area contributed by atoms with Crippen molar-refractivity contribution in [3.8, 4) is 0 Å². The van der Waals surface area contributed by atoms with Crippen LogP contribution in [0.25, 0.3) is 0 Å². The molecule has 0 radical (unpaired) electrons. The van der Waals surface area contributed by atoms with Gasteiger partial charge in [0.2, 0.25) is 5.91 Å². The Kier molecular flexibility index (Phi) is 51.1. The molecule has 14 heteroatoms. The van der Waals surface area contributed by atoms with E-state index in [0.717, 1.165) is 51.4 Å². The smallest absolute Gasteiger partial charge is 0.220 e. The van der Waals surface area contributed by atoms with E-state index in [9.17, 15) is 45.6 Å². The fraction of sp³-hybridized carbons (Fsp3) is 0.871. The summed E-state index contributed by atoms with van der Waals surface area (Å²) in [4.78, 5) is 13.3. The summed E-state index contributed by atoms with van der Waals surface area (Å²) < 4.78 is 22.8. The van der Waals surface area contributed by atoms with Crippen molar-refractivity contribution in [2.45, 2.75) is 370 Å². The van der Waals surface area contributed by atoms with Crippen LogP contribution < -0.4 is 5.32 Å². The summed E-state index contributed by atoms with van der Waals surface area (Å²) >= 11 is 0. The molecule has 2 saturated heterocycles. The van der Waals surface area contributed by atoms with Crippen molar-refractivity contribution in [2.75, 3.05) is 19.8 Å². The molecular formula is C70H129NO13. The van der Waals surface area contributed by atoms with Gasteiger partial charge in [-0.3, -0.25) is 4.79 Å². The van der Waals surface area contributed by atoms with Crippen LogP contribution >= 0.6 is 0 Å². The Morgan fingerprint density at radius 2 is 0.798 bits per heavy atom. The number of nitrogens with one attached hydrogen (secondary N) is 1. The summed E-state index contributed by atoms with van der Waals surface area (Å²) in [6.45, 7) is 2.78. The highest BCUT2D eigenvalue weighted by molar-refractivity contribution is 5.76. The van der Waals surface area contributed by atoms with Gasteiger partial charge in [-0.1, -0.05) is 274 Å². The lowest BCUT2D eigenvalue weighted by Gasteiger charge is -2.46. The maximum atomic E-state index is 13.3. The summed E-state index contributed by atoms with van der Waals surface area (Å²) in [6.07, 6.45) is 54.7. The van der Waals surface area contributed by atoms with Gasteiger partial charge in [0.05, 0.1) is 32.0 Å². The molecule has 12 atom stereocenters. The molecule has 12 unspecified atom stereocenters. The molecule has 0 bridgehead atoms. The second-order valence-electron chi connectivity index (χ2n) is 24.6. The average Bonchev–Trinajstić information content (AvgIpc) is 3.18. The van der Waals surface area contributed by atoms with E-state index < -0.39 is 86.8 Å². The molecule has 2 aliphatic heterocycles. The van der Waals surface area contributed by atoms with Crippen molar-refractivity contribution in [1.82, 2.24) is 5.32 Å². The zero-order valence-corrected chi connectivity index (χ0v) is 53.4. The van der Waals surface area contributed by atoms with Crippen LogP contribution in [0.4, 0.5) is 0 Å². The Labute approximate surface area is 512 Å². The normalized spacial score (nSPS) is 23.9. The molecule has 0 aromatic heterocycles. The summed E-state index contributed by atoms with van der Waals surface area (Å²) in [5, 5.41) is 87.3. The molecule has 2 aliphatic rings. The number of allylic oxidation sites excluding steroid dienone is 7. The number of ether oxygens (including phenoxy) is 4. The van der Waals surface area contributed by atoms with E-state index in [2.05, 4.69) is 55.6 Å². The first-order chi connectivity index (χ1) is 41.1. The number of aliphatic hydroxyl groups is 8. The van der Waals surface area contributed by atoms with Crippen molar-refractivity contribution in [1.29, 1.82) is 0 Å². The lowest BCUT2D eigenvalue weighted by Crippen LogP contribution is -2.65. The molecular weight excluding hydrogens is 1060 g/mol. The van der Waals surface area contributed by atoms with Gasteiger partial charge in [-0.15, -0.1) is 0 Å². The largest absolute Gasteiger partial charge is 0.394 e. The van der Waals surface area contributed by atoms with E-state index in [1.807, 2.05) is 6.08 Å². The summed E-state index contributed by atoms with van der Waals surface area (Å²) in [7, 11) is 0. The maximum Gasteiger partial charge on any atom is 0.220 e. The van der Waals surface area contributed by atoms with Crippen LogP contribution in [0, 0.1) is 0 Å². The molecule has 1 amide bonds. The van der Waals surface area contributed by atoms with Gasteiger partial charge in [-0.2, -0.15) is 0 Å². The molecule has 492 valence electrons. The third-order valence-corrected chi connectivity index (χ3v) is 17.0. The van der Waals surface area contributed by atoms with E-state index in [0.29, 0.717) is 12.8 Å². The molecule has 2 heterocycles. The Balaban J connectivity index is 1.67. The number of amides is 1. The van der Waals surface area contributed by atoms with E-state index in [-0.39, 0.29) is 18.9 Å². The van der Waals surface area contributed by atoms with Crippen molar-refractivity contribution in [2.24, 2.45) is 0 Å². The predicted molar refractivity (Wildman–Crippen MR) is 341 cm³/mol. The SMILES string of the molecule is CCCCC/C=C\C/C=C\CCCCCCCCCC(=O)NC(COC1OC(CO)C(OC2OC(CO)C(O)C(O)C2O)C(O)C1O)C(O)/C=C/CC/C=C/CCCCCCCCCCCCCCCCCCCCCCCCCCCCC. The van der Waals surface area contributed by atoms with Crippen molar-refractivity contribution in [3.63, 3.8) is 0 Å². The minimum absolute atomic E-state index is 0.255. The van der Waals surface area contributed by atoms with Gasteiger partial charge in [0.25, 0.3) is 0 Å². The van der Waals surface area contributed by atoms with Gasteiger partial charge < -0.3 is 65.1 Å². The molecule has 2 rings (SSSR count). The zero-order valence-electron chi connectivity index (χ0n) is 53.4. The minimum Gasteiger partial charge on any atom is -0.394 e. The van der Waals surface area contributed by atoms with Gasteiger partial charge in [-0.25, -0.2) is 0 Å². The van der Waals surface area contributed by atoms with Crippen LogP contribution in [-0.4, -0.2) is 140 Å². The number of carbonyl (C=O) groups is 1. The molecule has 0 saturated carbocycles. The molecule has 14 nitrogen and oxygen atoms in total. The quantitative estimate of drug-likeness (QED) is 0.0204. The maximum absolute atomic E-state index is 13.3. The summed E-state index contributed by atoms with van der Waals surface area (Å²) in [6, 6.07) is -0.938. The number of carbonyl (C=O) groups excluding carboxylic acids is 1.